The van der Waals surface area contributed by atoms with Gasteiger partial charge in [0.1, 0.15) is 0 Å². The van der Waals surface area contributed by atoms with Crippen molar-refractivity contribution < 1.29 is 4.79 Å². The van der Waals surface area contributed by atoms with Crippen LogP contribution in [0.5, 0.6) is 0 Å². The number of ketones is 1. The maximum absolute atomic E-state index is 11.7. The van der Waals surface area contributed by atoms with Crippen LogP contribution in [0.25, 0.3) is 0 Å². The number of rotatable bonds is 5. The van der Waals surface area contributed by atoms with Crippen molar-refractivity contribution in [3.8, 4) is 0 Å². The highest BCUT2D eigenvalue weighted by Gasteiger charge is 2.09. The van der Waals surface area contributed by atoms with Crippen LogP contribution in [0.3, 0.4) is 0 Å². The number of carbonyl (C=O) groups is 1. The van der Waals surface area contributed by atoms with Gasteiger partial charge in [-0.3, -0.25) is 4.79 Å². The van der Waals surface area contributed by atoms with E-state index in [1.807, 2.05) is 6.07 Å². The van der Waals surface area contributed by atoms with E-state index in [0.717, 1.165) is 17.7 Å². The molecule has 1 aromatic rings. The van der Waals surface area contributed by atoms with Crippen molar-refractivity contribution in [2.45, 2.75) is 46.5 Å². The van der Waals surface area contributed by atoms with E-state index in [4.69, 9.17) is 0 Å². The summed E-state index contributed by atoms with van der Waals surface area (Å²) < 4.78 is 0. The Hall–Kier alpha value is -0.630. The SMILES string of the molecule is CCCCCC(=O)c1cc(C)c(C)s1. The van der Waals surface area contributed by atoms with Gasteiger partial charge >= 0.3 is 0 Å². The molecule has 78 valence electrons. The van der Waals surface area contributed by atoms with Crippen molar-refractivity contribution >= 4 is 17.1 Å². The average molecular weight is 210 g/mol. The summed E-state index contributed by atoms with van der Waals surface area (Å²) >= 11 is 1.63. The van der Waals surface area contributed by atoms with Gasteiger partial charge < -0.3 is 0 Å². The normalized spacial score (nSPS) is 10.5. The van der Waals surface area contributed by atoms with E-state index in [1.54, 1.807) is 11.3 Å². The van der Waals surface area contributed by atoms with Crippen LogP contribution in [0.1, 0.15) is 52.7 Å². The number of carbonyl (C=O) groups excluding carboxylic acids is 1. The molecule has 0 atom stereocenters. The Bertz CT molecular complexity index is 293. The van der Waals surface area contributed by atoms with Crippen molar-refractivity contribution in [1.29, 1.82) is 0 Å². The van der Waals surface area contributed by atoms with Gasteiger partial charge in [0.25, 0.3) is 0 Å². The standard InChI is InChI=1S/C12H18OS/c1-4-5-6-7-11(13)12-8-9(2)10(3)14-12/h8H,4-7H2,1-3H3. The molecule has 2 heteroatoms. The summed E-state index contributed by atoms with van der Waals surface area (Å²) in [7, 11) is 0. The molecule has 14 heavy (non-hydrogen) atoms. The van der Waals surface area contributed by atoms with Crippen LogP contribution in [-0.4, -0.2) is 5.78 Å². The molecule has 1 nitrogen and oxygen atoms in total. The molecule has 0 N–H and O–H groups in total. The fourth-order valence-electron chi connectivity index (χ4n) is 1.37. The van der Waals surface area contributed by atoms with Gasteiger partial charge in [-0.2, -0.15) is 0 Å². The Morgan fingerprint density at radius 1 is 1.36 bits per heavy atom. The number of hydrogen-bond acceptors (Lipinski definition) is 2. The first-order valence-corrected chi connectivity index (χ1v) is 6.07. The zero-order valence-corrected chi connectivity index (χ0v) is 10.0. The second-order valence-electron chi connectivity index (χ2n) is 3.73. The molecule has 0 bridgehead atoms. The first-order chi connectivity index (χ1) is 6.65. The lowest BCUT2D eigenvalue weighted by molar-refractivity contribution is 0.0983. The molecule has 1 rings (SSSR count). The number of thiophene rings is 1. The summed E-state index contributed by atoms with van der Waals surface area (Å²) in [6.45, 7) is 6.29. The van der Waals surface area contributed by atoms with E-state index >= 15 is 0 Å². The maximum Gasteiger partial charge on any atom is 0.172 e. The van der Waals surface area contributed by atoms with Gasteiger partial charge in [-0.05, 0) is 31.9 Å². The molecule has 0 saturated carbocycles. The van der Waals surface area contributed by atoms with Gasteiger partial charge in [-0.15, -0.1) is 11.3 Å². The Morgan fingerprint density at radius 2 is 2.07 bits per heavy atom. The number of aryl methyl sites for hydroxylation is 2. The summed E-state index contributed by atoms with van der Waals surface area (Å²) in [6.07, 6.45) is 4.09. The molecule has 1 heterocycles. The lowest BCUT2D eigenvalue weighted by atomic mass is 10.1. The van der Waals surface area contributed by atoms with Crippen LogP contribution in [0.4, 0.5) is 0 Å². The third kappa shape index (κ3) is 2.95. The lowest BCUT2D eigenvalue weighted by Crippen LogP contribution is -1.95. The zero-order valence-electron chi connectivity index (χ0n) is 9.22. The van der Waals surface area contributed by atoms with Crippen LogP contribution in [0, 0.1) is 13.8 Å². The molecular weight excluding hydrogens is 192 g/mol. The molecule has 0 aliphatic carbocycles. The summed E-state index contributed by atoms with van der Waals surface area (Å²) in [5.74, 6) is 0.319. The number of unbranched alkanes of at least 4 members (excludes halogenated alkanes) is 2. The van der Waals surface area contributed by atoms with Gasteiger partial charge in [0.15, 0.2) is 5.78 Å². The van der Waals surface area contributed by atoms with E-state index in [9.17, 15) is 4.79 Å². The Morgan fingerprint density at radius 3 is 2.57 bits per heavy atom. The van der Waals surface area contributed by atoms with E-state index in [2.05, 4.69) is 20.8 Å². The maximum atomic E-state index is 11.7. The minimum atomic E-state index is 0.319. The fourth-order valence-corrected chi connectivity index (χ4v) is 2.37. The second kappa shape index (κ2) is 5.30. The monoisotopic (exact) mass is 210 g/mol. The minimum absolute atomic E-state index is 0.319. The number of Topliss-reactive ketones (excluding diaryl/α,β-unsaturated/α-hetero) is 1. The van der Waals surface area contributed by atoms with Gasteiger partial charge in [0.2, 0.25) is 0 Å². The van der Waals surface area contributed by atoms with Gasteiger partial charge in [-0.1, -0.05) is 19.8 Å². The quantitative estimate of drug-likeness (QED) is 0.527. The fraction of sp³-hybridized carbons (Fsp3) is 0.583. The molecule has 0 spiro atoms. The molecule has 0 aliphatic heterocycles. The van der Waals surface area contributed by atoms with E-state index in [1.165, 1.54) is 16.9 Å². The van der Waals surface area contributed by atoms with Crippen molar-refractivity contribution in [1.82, 2.24) is 0 Å². The molecule has 0 fully saturated rings. The van der Waals surface area contributed by atoms with Crippen molar-refractivity contribution in [2.75, 3.05) is 0 Å². The summed E-state index contributed by atoms with van der Waals surface area (Å²) in [5.41, 5.74) is 1.24. The molecular formula is C12H18OS. The zero-order chi connectivity index (χ0) is 10.6. The smallest absolute Gasteiger partial charge is 0.172 e. The van der Waals surface area contributed by atoms with Crippen LogP contribution >= 0.6 is 11.3 Å². The minimum Gasteiger partial charge on any atom is -0.293 e. The summed E-state index contributed by atoms with van der Waals surface area (Å²) in [6, 6.07) is 2.02. The third-order valence-corrected chi connectivity index (χ3v) is 3.64. The Kier molecular flexibility index (Phi) is 4.33. The first-order valence-electron chi connectivity index (χ1n) is 5.25. The molecule has 0 radical (unpaired) electrons. The summed E-state index contributed by atoms with van der Waals surface area (Å²) in [5, 5.41) is 0. The largest absolute Gasteiger partial charge is 0.293 e. The second-order valence-corrected chi connectivity index (χ2v) is 4.99. The topological polar surface area (TPSA) is 17.1 Å². The van der Waals surface area contributed by atoms with Crippen LogP contribution in [0.2, 0.25) is 0 Å². The predicted molar refractivity (Wildman–Crippen MR) is 62.3 cm³/mol. The highest BCUT2D eigenvalue weighted by atomic mass is 32.1. The highest BCUT2D eigenvalue weighted by molar-refractivity contribution is 7.14. The van der Waals surface area contributed by atoms with E-state index in [0.29, 0.717) is 12.2 Å². The van der Waals surface area contributed by atoms with Crippen LogP contribution < -0.4 is 0 Å². The predicted octanol–water partition coefficient (Wildman–Crippen LogP) is 4.13. The molecule has 0 unspecified atom stereocenters. The van der Waals surface area contributed by atoms with Gasteiger partial charge in [-0.25, -0.2) is 0 Å². The summed E-state index contributed by atoms with van der Waals surface area (Å²) in [4.78, 5) is 13.9. The van der Waals surface area contributed by atoms with Crippen molar-refractivity contribution in [3.63, 3.8) is 0 Å². The molecule has 1 aromatic heterocycles. The lowest BCUT2D eigenvalue weighted by Gasteiger charge is -1.96. The number of hydrogen-bond donors (Lipinski definition) is 0. The average Bonchev–Trinajstić information content (AvgIpc) is 2.47. The third-order valence-electron chi connectivity index (χ3n) is 2.45. The molecule has 0 aromatic carbocycles. The van der Waals surface area contributed by atoms with Gasteiger partial charge in [0.05, 0.1) is 4.88 Å². The first kappa shape index (κ1) is 11.4. The van der Waals surface area contributed by atoms with Crippen LogP contribution in [-0.2, 0) is 0 Å². The van der Waals surface area contributed by atoms with E-state index in [-0.39, 0.29) is 0 Å². The van der Waals surface area contributed by atoms with Gasteiger partial charge in [0, 0.05) is 11.3 Å². The Balaban J connectivity index is 2.52. The van der Waals surface area contributed by atoms with Crippen molar-refractivity contribution in [2.24, 2.45) is 0 Å². The van der Waals surface area contributed by atoms with Crippen LogP contribution in [0.15, 0.2) is 6.07 Å². The molecule has 0 amide bonds. The van der Waals surface area contributed by atoms with Crippen molar-refractivity contribution in [3.05, 3.63) is 21.4 Å². The van der Waals surface area contributed by atoms with E-state index < -0.39 is 0 Å². The molecule has 0 aliphatic rings. The highest BCUT2D eigenvalue weighted by Crippen LogP contribution is 2.22. The Labute approximate surface area is 90.2 Å². The molecule has 0 saturated heterocycles.